The lowest BCUT2D eigenvalue weighted by Gasteiger charge is -2.32. The van der Waals surface area contributed by atoms with Gasteiger partial charge in [-0.3, -0.25) is 9.88 Å². The van der Waals surface area contributed by atoms with Crippen LogP contribution in [0.2, 0.25) is 0 Å². The second-order valence-corrected chi connectivity index (χ2v) is 5.53. The summed E-state index contributed by atoms with van der Waals surface area (Å²) in [5.41, 5.74) is 9.03. The second-order valence-electron chi connectivity index (χ2n) is 5.53. The minimum Gasteiger partial charge on any atom is -0.399 e. The third-order valence-corrected chi connectivity index (χ3v) is 3.83. The van der Waals surface area contributed by atoms with Crippen molar-refractivity contribution in [3.63, 3.8) is 0 Å². The van der Waals surface area contributed by atoms with Gasteiger partial charge in [0.2, 0.25) is 0 Å². The number of rotatable bonds is 3. The molecule has 2 heterocycles. The maximum absolute atomic E-state index is 5.85. The summed E-state index contributed by atoms with van der Waals surface area (Å²) in [5.74, 6) is 0. The molecule has 3 rings (SSSR count). The number of aromatic nitrogens is 1. The first-order chi connectivity index (χ1) is 10.8. The minimum absolute atomic E-state index is 0.662. The Bertz CT molecular complexity index is 590. The number of pyridine rings is 1. The molecule has 1 aromatic carbocycles. The van der Waals surface area contributed by atoms with Crippen LogP contribution in [-0.2, 0) is 11.3 Å². The first-order valence-corrected chi connectivity index (χ1v) is 7.61. The number of hydrogen-bond donors (Lipinski definition) is 1. The first kappa shape index (κ1) is 14.8. The van der Waals surface area contributed by atoms with Crippen molar-refractivity contribution in [3.05, 3.63) is 54.4 Å². The normalized spacial score (nSPS) is 17.0. The zero-order valence-electron chi connectivity index (χ0n) is 12.7. The van der Waals surface area contributed by atoms with Gasteiger partial charge in [0.05, 0.1) is 25.2 Å². The van der Waals surface area contributed by atoms with Crippen LogP contribution in [0.3, 0.4) is 0 Å². The van der Waals surface area contributed by atoms with Crippen molar-refractivity contribution in [2.24, 2.45) is 0 Å². The van der Waals surface area contributed by atoms with Gasteiger partial charge >= 0.3 is 0 Å². The van der Waals surface area contributed by atoms with Crippen LogP contribution < -0.4 is 10.6 Å². The molecule has 0 unspecified atom stereocenters. The van der Waals surface area contributed by atoms with Gasteiger partial charge in [-0.1, -0.05) is 12.1 Å². The molecule has 0 bridgehead atoms. The zero-order chi connectivity index (χ0) is 15.2. The third-order valence-electron chi connectivity index (χ3n) is 3.83. The number of hydrogen-bond acceptors (Lipinski definition) is 5. The van der Waals surface area contributed by atoms with Crippen LogP contribution in [0, 0.1) is 0 Å². The number of benzene rings is 1. The summed E-state index contributed by atoms with van der Waals surface area (Å²) in [7, 11) is 0. The second kappa shape index (κ2) is 7.24. The minimum atomic E-state index is 0.662. The van der Waals surface area contributed by atoms with Gasteiger partial charge in [0.1, 0.15) is 0 Å². The molecular formula is C17H22N4O. The lowest BCUT2D eigenvalue weighted by molar-refractivity contribution is 0.0206. The molecule has 116 valence electrons. The lowest BCUT2D eigenvalue weighted by Crippen LogP contribution is -2.41. The van der Waals surface area contributed by atoms with E-state index in [4.69, 9.17) is 10.5 Å². The van der Waals surface area contributed by atoms with Gasteiger partial charge in [0.25, 0.3) is 0 Å². The topological polar surface area (TPSA) is 54.6 Å². The van der Waals surface area contributed by atoms with Gasteiger partial charge in [-0.2, -0.15) is 0 Å². The fraction of sp³-hybridized carbons (Fsp3) is 0.353. The smallest absolute Gasteiger partial charge is 0.0994 e. The molecule has 0 saturated carbocycles. The Morgan fingerprint density at radius 1 is 1.14 bits per heavy atom. The highest BCUT2D eigenvalue weighted by atomic mass is 16.5. The lowest BCUT2D eigenvalue weighted by atomic mass is 10.2. The quantitative estimate of drug-likeness (QED) is 0.878. The number of nitrogens with two attached hydrogens (primary N) is 1. The van der Waals surface area contributed by atoms with E-state index >= 15 is 0 Å². The molecule has 22 heavy (non-hydrogen) atoms. The molecule has 1 saturated heterocycles. The third kappa shape index (κ3) is 3.96. The van der Waals surface area contributed by atoms with Crippen molar-refractivity contribution < 1.29 is 4.74 Å². The number of ether oxygens (including phenoxy) is 1. The van der Waals surface area contributed by atoms with Crippen LogP contribution in [0.5, 0.6) is 0 Å². The number of nitrogen functional groups attached to an aromatic ring is 1. The van der Waals surface area contributed by atoms with E-state index in [1.54, 1.807) is 6.20 Å². The molecule has 5 nitrogen and oxygen atoms in total. The maximum Gasteiger partial charge on any atom is 0.0994 e. The fourth-order valence-corrected chi connectivity index (χ4v) is 2.68. The van der Waals surface area contributed by atoms with Gasteiger partial charge < -0.3 is 15.4 Å². The van der Waals surface area contributed by atoms with E-state index in [0.717, 1.165) is 44.2 Å². The summed E-state index contributed by atoms with van der Waals surface area (Å²) >= 11 is 0. The average Bonchev–Trinajstić information content (AvgIpc) is 2.51. The Morgan fingerprint density at radius 3 is 2.91 bits per heavy atom. The standard InChI is InChI=1S/C17H22N4O/c18-16-4-1-3-15(11-16)13-20-7-8-21(9-10-22-14-20)17-5-2-6-19-12-17/h1-6,11-12H,7-10,13-14,18H2. The molecule has 0 amide bonds. The number of nitrogens with zero attached hydrogens (tertiary/aromatic N) is 3. The van der Waals surface area contributed by atoms with Crippen molar-refractivity contribution in [2.45, 2.75) is 6.54 Å². The number of anilines is 2. The van der Waals surface area contributed by atoms with E-state index in [9.17, 15) is 0 Å². The van der Waals surface area contributed by atoms with Crippen molar-refractivity contribution in [3.8, 4) is 0 Å². The molecule has 1 aliphatic rings. The van der Waals surface area contributed by atoms with Gasteiger partial charge in [0.15, 0.2) is 0 Å². The van der Waals surface area contributed by atoms with E-state index in [-0.39, 0.29) is 0 Å². The van der Waals surface area contributed by atoms with Gasteiger partial charge in [-0.25, -0.2) is 0 Å². The van der Waals surface area contributed by atoms with Gasteiger partial charge in [-0.15, -0.1) is 0 Å². The summed E-state index contributed by atoms with van der Waals surface area (Å²) in [6, 6.07) is 12.1. The van der Waals surface area contributed by atoms with Crippen LogP contribution in [-0.4, -0.2) is 42.9 Å². The summed E-state index contributed by atoms with van der Waals surface area (Å²) in [6.45, 7) is 5.06. The molecule has 0 atom stereocenters. The molecule has 1 aliphatic heterocycles. The first-order valence-electron chi connectivity index (χ1n) is 7.61. The fourth-order valence-electron chi connectivity index (χ4n) is 2.68. The Balaban J connectivity index is 1.63. The van der Waals surface area contributed by atoms with Crippen molar-refractivity contribution in [2.75, 3.05) is 43.6 Å². The SMILES string of the molecule is Nc1cccc(CN2CCN(c3cccnc3)CCOC2)c1. The Morgan fingerprint density at radius 2 is 2.09 bits per heavy atom. The van der Waals surface area contributed by atoms with Gasteiger partial charge in [0, 0.05) is 38.1 Å². The van der Waals surface area contributed by atoms with E-state index < -0.39 is 0 Å². The summed E-state index contributed by atoms with van der Waals surface area (Å²) in [6.07, 6.45) is 3.71. The molecule has 0 radical (unpaired) electrons. The van der Waals surface area contributed by atoms with E-state index in [0.29, 0.717) is 6.73 Å². The predicted octanol–water partition coefficient (Wildman–Crippen LogP) is 1.96. The maximum atomic E-state index is 5.85. The average molecular weight is 298 g/mol. The Labute approximate surface area is 131 Å². The van der Waals surface area contributed by atoms with Crippen molar-refractivity contribution in [1.29, 1.82) is 0 Å². The van der Waals surface area contributed by atoms with Crippen LogP contribution in [0.15, 0.2) is 48.8 Å². The molecule has 1 aromatic heterocycles. The van der Waals surface area contributed by atoms with Crippen LogP contribution in [0.1, 0.15) is 5.56 Å². The summed E-state index contributed by atoms with van der Waals surface area (Å²) in [5, 5.41) is 0. The van der Waals surface area contributed by atoms with Crippen LogP contribution in [0.25, 0.3) is 0 Å². The summed E-state index contributed by atoms with van der Waals surface area (Å²) < 4.78 is 5.77. The molecule has 0 aliphatic carbocycles. The monoisotopic (exact) mass is 298 g/mol. The molecule has 5 heteroatoms. The predicted molar refractivity (Wildman–Crippen MR) is 88.5 cm³/mol. The molecule has 0 spiro atoms. The van der Waals surface area contributed by atoms with E-state index in [1.807, 2.05) is 30.5 Å². The highest BCUT2D eigenvalue weighted by Gasteiger charge is 2.14. The van der Waals surface area contributed by atoms with Crippen LogP contribution >= 0.6 is 0 Å². The highest BCUT2D eigenvalue weighted by molar-refractivity contribution is 5.43. The van der Waals surface area contributed by atoms with E-state index in [2.05, 4.69) is 26.9 Å². The Kier molecular flexibility index (Phi) is 4.88. The largest absolute Gasteiger partial charge is 0.399 e. The van der Waals surface area contributed by atoms with Crippen molar-refractivity contribution >= 4 is 11.4 Å². The molecule has 2 aromatic rings. The molecular weight excluding hydrogens is 276 g/mol. The zero-order valence-corrected chi connectivity index (χ0v) is 12.7. The molecule has 1 fully saturated rings. The molecule has 2 N–H and O–H groups in total. The van der Waals surface area contributed by atoms with Crippen molar-refractivity contribution in [1.82, 2.24) is 9.88 Å². The highest BCUT2D eigenvalue weighted by Crippen LogP contribution is 2.14. The van der Waals surface area contributed by atoms with E-state index in [1.165, 1.54) is 5.56 Å². The Hall–Kier alpha value is -2.11. The summed E-state index contributed by atoms with van der Waals surface area (Å²) in [4.78, 5) is 8.82. The van der Waals surface area contributed by atoms with Crippen LogP contribution in [0.4, 0.5) is 11.4 Å². The van der Waals surface area contributed by atoms with Gasteiger partial charge in [-0.05, 0) is 29.8 Å².